The van der Waals surface area contributed by atoms with Gasteiger partial charge in [0.05, 0.1) is 10.5 Å². The minimum atomic E-state index is 0.285. The van der Waals surface area contributed by atoms with E-state index in [1.54, 1.807) is 0 Å². The Labute approximate surface area is 100 Å². The molecule has 0 atom stereocenters. The van der Waals surface area contributed by atoms with Gasteiger partial charge in [-0.1, -0.05) is 23.7 Å². The van der Waals surface area contributed by atoms with Gasteiger partial charge in [-0.3, -0.25) is 0 Å². The van der Waals surface area contributed by atoms with Crippen LogP contribution in [0.15, 0.2) is 30.5 Å². The lowest BCUT2D eigenvalue weighted by Gasteiger charge is -2.06. The van der Waals surface area contributed by atoms with Crippen LogP contribution in [0, 0.1) is 0 Å². The average molecular weight is 238 g/mol. The molecule has 1 heterocycles. The molecule has 0 aliphatic heterocycles. The number of hydrogen-bond acceptors (Lipinski definition) is 1. The number of para-hydroxylation sites is 1. The molecule has 2 aromatic rings. The highest BCUT2D eigenvalue weighted by Gasteiger charge is 2.03. The van der Waals surface area contributed by atoms with E-state index in [0.717, 1.165) is 36.3 Å². The van der Waals surface area contributed by atoms with Crippen LogP contribution in [0.3, 0.4) is 0 Å². The summed E-state index contributed by atoms with van der Waals surface area (Å²) in [6, 6.07) is 8.06. The largest absolute Gasteiger partial charge is 0.396 e. The highest BCUT2D eigenvalue weighted by atomic mass is 35.5. The summed E-state index contributed by atoms with van der Waals surface area (Å²) in [7, 11) is 0. The first-order chi connectivity index (χ1) is 7.83. The summed E-state index contributed by atoms with van der Waals surface area (Å²) < 4.78 is 2.19. The van der Waals surface area contributed by atoms with Crippen molar-refractivity contribution in [3.05, 3.63) is 35.5 Å². The van der Waals surface area contributed by atoms with Gasteiger partial charge in [0.2, 0.25) is 0 Å². The van der Waals surface area contributed by atoms with Crippen LogP contribution in [0.4, 0.5) is 0 Å². The molecule has 16 heavy (non-hydrogen) atoms. The number of aromatic nitrogens is 1. The molecule has 86 valence electrons. The molecule has 0 fully saturated rings. The molecule has 0 saturated heterocycles. The van der Waals surface area contributed by atoms with Gasteiger partial charge in [-0.05, 0) is 31.4 Å². The van der Waals surface area contributed by atoms with E-state index >= 15 is 0 Å². The summed E-state index contributed by atoms with van der Waals surface area (Å²) in [6.45, 7) is 1.25. The average Bonchev–Trinajstić information content (AvgIpc) is 2.69. The zero-order chi connectivity index (χ0) is 11.4. The van der Waals surface area contributed by atoms with Crippen LogP contribution in [-0.2, 0) is 6.54 Å². The van der Waals surface area contributed by atoms with Crippen LogP contribution in [-0.4, -0.2) is 16.3 Å². The quantitative estimate of drug-likeness (QED) is 0.792. The second-order valence-electron chi connectivity index (χ2n) is 3.97. The van der Waals surface area contributed by atoms with Crippen LogP contribution < -0.4 is 0 Å². The van der Waals surface area contributed by atoms with Gasteiger partial charge in [0.15, 0.2) is 0 Å². The zero-order valence-electron chi connectivity index (χ0n) is 9.19. The van der Waals surface area contributed by atoms with Crippen LogP contribution in [0.5, 0.6) is 0 Å². The maximum absolute atomic E-state index is 8.71. The summed E-state index contributed by atoms with van der Waals surface area (Å²) in [5, 5.41) is 10.7. The number of halogens is 1. The number of unbranched alkanes of at least 4 members (excludes halogenated alkanes) is 2. The van der Waals surface area contributed by atoms with E-state index in [-0.39, 0.29) is 6.61 Å². The van der Waals surface area contributed by atoms with Crippen LogP contribution >= 0.6 is 11.6 Å². The fraction of sp³-hybridized carbons (Fsp3) is 0.385. The molecule has 0 aliphatic carbocycles. The Bertz CT molecular complexity index is 464. The number of benzene rings is 1. The number of aliphatic hydroxyl groups is 1. The van der Waals surface area contributed by atoms with E-state index in [2.05, 4.69) is 22.9 Å². The molecule has 2 rings (SSSR count). The van der Waals surface area contributed by atoms with E-state index in [1.807, 2.05) is 12.1 Å². The molecule has 0 spiro atoms. The molecule has 0 amide bonds. The maximum atomic E-state index is 8.71. The molecule has 0 bridgehead atoms. The number of aryl methyl sites for hydroxylation is 1. The topological polar surface area (TPSA) is 25.2 Å². The molecular weight excluding hydrogens is 222 g/mol. The molecule has 0 radical (unpaired) electrons. The number of rotatable bonds is 5. The van der Waals surface area contributed by atoms with Gasteiger partial charge in [0.1, 0.15) is 0 Å². The van der Waals surface area contributed by atoms with Crippen molar-refractivity contribution in [3.8, 4) is 0 Å². The van der Waals surface area contributed by atoms with E-state index in [4.69, 9.17) is 16.7 Å². The highest BCUT2D eigenvalue weighted by molar-refractivity contribution is 6.35. The third-order valence-corrected chi connectivity index (χ3v) is 3.10. The first kappa shape index (κ1) is 11.5. The van der Waals surface area contributed by atoms with Crippen LogP contribution in [0.25, 0.3) is 10.9 Å². The summed E-state index contributed by atoms with van der Waals surface area (Å²) in [4.78, 5) is 0. The van der Waals surface area contributed by atoms with Crippen LogP contribution in [0.2, 0.25) is 5.02 Å². The summed E-state index contributed by atoms with van der Waals surface area (Å²) in [5.74, 6) is 0. The molecule has 0 saturated carbocycles. The molecular formula is C13H16ClNO. The lowest BCUT2D eigenvalue weighted by molar-refractivity contribution is 0.282. The van der Waals surface area contributed by atoms with Crippen molar-refractivity contribution in [1.82, 2.24) is 4.57 Å². The van der Waals surface area contributed by atoms with Gasteiger partial charge in [0.25, 0.3) is 0 Å². The van der Waals surface area contributed by atoms with Crippen molar-refractivity contribution in [2.45, 2.75) is 25.8 Å². The van der Waals surface area contributed by atoms with E-state index in [9.17, 15) is 0 Å². The molecule has 0 aliphatic rings. The maximum Gasteiger partial charge on any atom is 0.0669 e. The number of aliphatic hydroxyl groups excluding tert-OH is 1. The number of hydrogen-bond donors (Lipinski definition) is 1. The highest BCUT2D eigenvalue weighted by Crippen LogP contribution is 2.24. The predicted octanol–water partition coefficient (Wildman–Crippen LogP) is 3.46. The monoisotopic (exact) mass is 237 g/mol. The van der Waals surface area contributed by atoms with Gasteiger partial charge in [-0.2, -0.15) is 0 Å². The molecule has 3 heteroatoms. The van der Waals surface area contributed by atoms with Gasteiger partial charge in [-0.15, -0.1) is 0 Å². The number of nitrogens with zero attached hydrogens (tertiary/aromatic N) is 1. The van der Waals surface area contributed by atoms with Crippen molar-refractivity contribution < 1.29 is 5.11 Å². The van der Waals surface area contributed by atoms with Crippen LogP contribution in [0.1, 0.15) is 19.3 Å². The Morgan fingerprint density at radius 2 is 2.00 bits per heavy atom. The normalized spacial score (nSPS) is 11.1. The van der Waals surface area contributed by atoms with Crippen molar-refractivity contribution in [2.24, 2.45) is 0 Å². The van der Waals surface area contributed by atoms with Crippen molar-refractivity contribution in [2.75, 3.05) is 6.61 Å². The SMILES string of the molecule is OCCCCCn1ccc2cccc(Cl)c21. The van der Waals surface area contributed by atoms with E-state index in [0.29, 0.717) is 0 Å². The summed E-state index contributed by atoms with van der Waals surface area (Å²) in [5.41, 5.74) is 1.12. The molecule has 2 nitrogen and oxygen atoms in total. The third-order valence-electron chi connectivity index (χ3n) is 2.80. The van der Waals surface area contributed by atoms with Gasteiger partial charge in [-0.25, -0.2) is 0 Å². The first-order valence-corrected chi connectivity index (χ1v) is 6.05. The molecule has 1 aromatic carbocycles. The molecule has 1 N–H and O–H groups in total. The molecule has 1 aromatic heterocycles. The summed E-state index contributed by atoms with van der Waals surface area (Å²) in [6.07, 6.45) is 5.10. The third kappa shape index (κ3) is 2.39. The fourth-order valence-electron chi connectivity index (χ4n) is 1.97. The zero-order valence-corrected chi connectivity index (χ0v) is 9.95. The van der Waals surface area contributed by atoms with Crippen molar-refractivity contribution >= 4 is 22.5 Å². The van der Waals surface area contributed by atoms with Gasteiger partial charge < -0.3 is 9.67 Å². The smallest absolute Gasteiger partial charge is 0.0669 e. The van der Waals surface area contributed by atoms with Gasteiger partial charge in [0, 0.05) is 24.7 Å². The Morgan fingerprint density at radius 3 is 2.81 bits per heavy atom. The second kappa shape index (κ2) is 5.37. The van der Waals surface area contributed by atoms with Crippen molar-refractivity contribution in [3.63, 3.8) is 0 Å². The Hall–Kier alpha value is -0.990. The Kier molecular flexibility index (Phi) is 3.86. The number of fused-ring (bicyclic) bond motifs is 1. The van der Waals surface area contributed by atoms with Gasteiger partial charge >= 0.3 is 0 Å². The fourth-order valence-corrected chi connectivity index (χ4v) is 2.26. The predicted molar refractivity (Wildman–Crippen MR) is 67.9 cm³/mol. The minimum Gasteiger partial charge on any atom is -0.396 e. The lowest BCUT2D eigenvalue weighted by atomic mass is 10.2. The Balaban J connectivity index is 2.12. The minimum absolute atomic E-state index is 0.285. The lowest BCUT2D eigenvalue weighted by Crippen LogP contribution is -1.97. The van der Waals surface area contributed by atoms with E-state index < -0.39 is 0 Å². The second-order valence-corrected chi connectivity index (χ2v) is 4.38. The molecule has 0 unspecified atom stereocenters. The Morgan fingerprint density at radius 1 is 1.12 bits per heavy atom. The standard InChI is InChI=1S/C13H16ClNO/c14-12-6-4-5-11-7-9-15(13(11)12)8-2-1-3-10-16/h4-7,9,16H,1-3,8,10H2. The summed E-state index contributed by atoms with van der Waals surface area (Å²) >= 11 is 6.18. The van der Waals surface area contributed by atoms with Crippen molar-refractivity contribution in [1.29, 1.82) is 0 Å². The van der Waals surface area contributed by atoms with E-state index in [1.165, 1.54) is 5.39 Å². The first-order valence-electron chi connectivity index (χ1n) is 5.67.